The monoisotopic (exact) mass is 512 g/mol. The molecule has 0 amide bonds. The van der Waals surface area contributed by atoms with Gasteiger partial charge in [0.15, 0.2) is 0 Å². The molecular formula is C14H28N2O3Sn2. The Balaban J connectivity index is 5.63. The zero-order valence-electron chi connectivity index (χ0n) is 13.8. The van der Waals surface area contributed by atoms with Crippen LogP contribution in [0.3, 0.4) is 0 Å². The molecule has 5 nitrogen and oxygen atoms in total. The molecule has 120 valence electrons. The van der Waals surface area contributed by atoms with Crippen molar-refractivity contribution in [2.45, 2.75) is 71.1 Å². The van der Waals surface area contributed by atoms with E-state index in [9.17, 15) is 9.59 Å². The van der Waals surface area contributed by atoms with Crippen LogP contribution in [0.5, 0.6) is 0 Å². The predicted octanol–water partition coefficient (Wildman–Crippen LogP) is 4.20. The van der Waals surface area contributed by atoms with Crippen LogP contribution in [0.4, 0.5) is 0 Å². The van der Waals surface area contributed by atoms with Crippen LogP contribution in [0.2, 0.25) is 17.7 Å². The first-order valence-corrected chi connectivity index (χ1v) is 20.9. The molecule has 21 heavy (non-hydrogen) atoms. The van der Waals surface area contributed by atoms with Gasteiger partial charge in [0.1, 0.15) is 0 Å². The van der Waals surface area contributed by atoms with Crippen molar-refractivity contribution in [1.82, 2.24) is 0 Å². The molecule has 0 aromatic carbocycles. The van der Waals surface area contributed by atoms with Gasteiger partial charge in [0.2, 0.25) is 0 Å². The third-order valence-electron chi connectivity index (χ3n) is 3.44. The molecular weight excluding hydrogens is 482 g/mol. The van der Waals surface area contributed by atoms with Gasteiger partial charge in [0.25, 0.3) is 0 Å². The molecule has 0 atom stereocenters. The Morgan fingerprint density at radius 2 is 1.00 bits per heavy atom. The first kappa shape index (κ1) is 21.3. The minimum atomic E-state index is -3.38. The SMILES string of the molecule is CC[CH2][Sn]([CH2]CC)([N]=C=O)[O][Sn]([CH2]CC)([CH2]CC)[N]=C=O. The average molecular weight is 510 g/mol. The third kappa shape index (κ3) is 7.42. The third-order valence-corrected chi connectivity index (χ3v) is 37.6. The second-order valence-corrected chi connectivity index (χ2v) is 27.7. The Bertz CT molecular complexity index is 344. The van der Waals surface area contributed by atoms with E-state index in [-0.39, 0.29) is 0 Å². The molecule has 0 fully saturated rings. The van der Waals surface area contributed by atoms with Gasteiger partial charge in [-0.1, -0.05) is 0 Å². The molecule has 0 aromatic heterocycles. The van der Waals surface area contributed by atoms with Gasteiger partial charge in [-0.15, -0.1) is 0 Å². The van der Waals surface area contributed by atoms with E-state index in [1.807, 2.05) is 0 Å². The maximum absolute atomic E-state index is 10.9. The van der Waals surface area contributed by atoms with Gasteiger partial charge in [-0.3, -0.25) is 0 Å². The minimum absolute atomic E-state index is 0.873. The number of rotatable bonds is 12. The summed E-state index contributed by atoms with van der Waals surface area (Å²) in [6, 6.07) is 0. The molecule has 7 heteroatoms. The van der Waals surface area contributed by atoms with E-state index in [1.165, 1.54) is 0 Å². The molecule has 0 spiro atoms. The summed E-state index contributed by atoms with van der Waals surface area (Å²) in [7, 11) is 0. The second-order valence-electron chi connectivity index (χ2n) is 5.40. The summed E-state index contributed by atoms with van der Waals surface area (Å²) < 4.78 is 18.5. The van der Waals surface area contributed by atoms with Crippen molar-refractivity contribution in [2.75, 3.05) is 0 Å². The molecule has 0 aromatic rings. The fourth-order valence-electron chi connectivity index (χ4n) is 2.81. The topological polar surface area (TPSA) is 68.1 Å². The summed E-state index contributed by atoms with van der Waals surface area (Å²) in [6.07, 6.45) is 7.33. The number of nitrogens with zero attached hydrogens (tertiary/aromatic N) is 2. The molecule has 0 unspecified atom stereocenters. The Morgan fingerprint density at radius 1 is 0.714 bits per heavy atom. The van der Waals surface area contributed by atoms with Crippen molar-refractivity contribution in [2.24, 2.45) is 6.43 Å². The predicted molar refractivity (Wildman–Crippen MR) is 89.2 cm³/mol. The summed E-state index contributed by atoms with van der Waals surface area (Å²) in [5.74, 6) is 0. The van der Waals surface area contributed by atoms with E-state index >= 15 is 0 Å². The summed E-state index contributed by atoms with van der Waals surface area (Å²) in [5.41, 5.74) is 0. The van der Waals surface area contributed by atoms with Crippen LogP contribution in [0.15, 0.2) is 6.43 Å². The average Bonchev–Trinajstić information content (AvgIpc) is 2.40. The Hall–Kier alpha value is 0.317. The molecule has 0 saturated carbocycles. The van der Waals surface area contributed by atoms with E-state index < -0.39 is 38.1 Å². The summed E-state index contributed by atoms with van der Waals surface area (Å²) >= 11 is -6.76. The van der Waals surface area contributed by atoms with E-state index in [0.29, 0.717) is 0 Å². The van der Waals surface area contributed by atoms with E-state index in [0.717, 1.165) is 43.4 Å². The van der Waals surface area contributed by atoms with Gasteiger partial charge < -0.3 is 0 Å². The van der Waals surface area contributed by atoms with Crippen molar-refractivity contribution < 1.29 is 11.0 Å². The molecule has 0 heterocycles. The van der Waals surface area contributed by atoms with Crippen LogP contribution >= 0.6 is 0 Å². The Morgan fingerprint density at radius 3 is 1.19 bits per heavy atom. The molecule has 0 aliphatic rings. The fourth-order valence-corrected chi connectivity index (χ4v) is 41.9. The van der Waals surface area contributed by atoms with Crippen LogP contribution in [-0.4, -0.2) is 50.3 Å². The van der Waals surface area contributed by atoms with Crippen molar-refractivity contribution >= 4 is 50.3 Å². The first-order valence-electron chi connectivity index (χ1n) is 7.95. The fraction of sp³-hybridized carbons (Fsp3) is 0.857. The van der Waals surface area contributed by atoms with Gasteiger partial charge in [0.05, 0.1) is 0 Å². The van der Waals surface area contributed by atoms with Crippen LogP contribution in [0.1, 0.15) is 53.4 Å². The molecule has 0 saturated heterocycles. The van der Waals surface area contributed by atoms with Crippen molar-refractivity contribution in [3.63, 3.8) is 0 Å². The zero-order chi connectivity index (χ0) is 16.2. The first-order chi connectivity index (χ1) is 10.1. The van der Waals surface area contributed by atoms with Gasteiger partial charge in [0, 0.05) is 0 Å². The Kier molecular flexibility index (Phi) is 12.0. The molecule has 0 radical (unpaired) electrons. The Labute approximate surface area is 138 Å². The van der Waals surface area contributed by atoms with Gasteiger partial charge in [-0.2, -0.15) is 0 Å². The molecule has 0 aliphatic carbocycles. The number of isocyanates is 2. The van der Waals surface area contributed by atoms with Crippen molar-refractivity contribution in [1.29, 1.82) is 0 Å². The number of hydrogen-bond donors (Lipinski definition) is 0. The number of hydrogen-bond acceptors (Lipinski definition) is 5. The molecule has 0 rings (SSSR count). The standard InChI is InChI=1S/4C3H7.2CNO.O.2Sn/c4*1-3-2;2*2-1-3;;;/h4*1,3H2,2H3;;;;;/q;;;;2*-1;;2*+1. The van der Waals surface area contributed by atoms with Crippen LogP contribution < -0.4 is 0 Å². The van der Waals surface area contributed by atoms with Gasteiger partial charge >= 0.3 is 139 Å². The molecule has 0 bridgehead atoms. The zero-order valence-corrected chi connectivity index (χ0v) is 19.5. The van der Waals surface area contributed by atoms with Crippen LogP contribution in [0, 0.1) is 0 Å². The number of carbonyl (C=O) groups excluding carboxylic acids is 2. The summed E-state index contributed by atoms with van der Waals surface area (Å²) in [4.78, 5) is 21.9. The van der Waals surface area contributed by atoms with Gasteiger partial charge in [-0.25, -0.2) is 0 Å². The van der Waals surface area contributed by atoms with Crippen molar-refractivity contribution in [3.8, 4) is 0 Å². The molecule has 0 N–H and O–H groups in total. The summed E-state index contributed by atoms with van der Waals surface area (Å²) in [5, 5.41) is 0. The molecule has 0 aliphatic heterocycles. The normalized spacial score (nSPS) is 11.6. The van der Waals surface area contributed by atoms with Crippen LogP contribution in [-0.2, 0) is 11.0 Å². The van der Waals surface area contributed by atoms with Gasteiger partial charge in [-0.05, 0) is 0 Å². The summed E-state index contributed by atoms with van der Waals surface area (Å²) in [6.45, 7) is 8.35. The van der Waals surface area contributed by atoms with E-state index in [2.05, 4.69) is 34.1 Å². The van der Waals surface area contributed by atoms with Crippen LogP contribution in [0.25, 0.3) is 0 Å². The second kappa shape index (κ2) is 11.8. The van der Waals surface area contributed by atoms with E-state index in [1.54, 1.807) is 12.2 Å². The maximum atomic E-state index is 10.9. The van der Waals surface area contributed by atoms with Crippen molar-refractivity contribution in [3.05, 3.63) is 0 Å². The van der Waals surface area contributed by atoms with E-state index in [4.69, 9.17) is 1.41 Å². The quantitative estimate of drug-likeness (QED) is 0.225.